The van der Waals surface area contributed by atoms with Crippen LogP contribution in [0.1, 0.15) is 42.7 Å². The summed E-state index contributed by atoms with van der Waals surface area (Å²) >= 11 is 0. The maximum absolute atomic E-state index is 5.14. The Morgan fingerprint density at radius 2 is 0.595 bits per heavy atom. The predicted molar refractivity (Wildman–Crippen MR) is 181 cm³/mol. The van der Waals surface area contributed by atoms with Crippen molar-refractivity contribution >= 4 is 0 Å². The smallest absolute Gasteiger partial charge is 0.118 e. The monoisotopic (exact) mass is 564 g/mol. The van der Waals surface area contributed by atoms with Crippen molar-refractivity contribution in [3.8, 4) is 28.4 Å². The molecule has 5 rings (SSSR count). The molecule has 0 aliphatic rings. The van der Waals surface area contributed by atoms with Crippen LogP contribution in [-0.4, -0.2) is 21.3 Å². The number of hydrogen-bond acceptors (Lipinski definition) is 3. The van der Waals surface area contributed by atoms with Crippen LogP contribution in [-0.2, 0) is 6.42 Å². The molecule has 0 bridgehead atoms. The third-order valence-electron chi connectivity index (χ3n) is 6.42. The molecule has 5 aromatic carbocycles. The number of ether oxygens (including phenoxy) is 3. The molecule has 0 aromatic heterocycles. The van der Waals surface area contributed by atoms with Gasteiger partial charge in [-0.2, -0.15) is 0 Å². The average molecular weight is 565 g/mol. The predicted octanol–water partition coefficient (Wildman–Crippen LogP) is 10.5. The van der Waals surface area contributed by atoms with Gasteiger partial charge in [0.25, 0.3) is 0 Å². The van der Waals surface area contributed by atoms with Gasteiger partial charge < -0.3 is 14.2 Å². The lowest BCUT2D eigenvalue weighted by atomic mass is 10.0. The summed E-state index contributed by atoms with van der Waals surface area (Å²) in [4.78, 5) is 0. The summed E-state index contributed by atoms with van der Waals surface area (Å²) in [5.74, 6) is 2.72. The fraction of sp³-hybridized carbons (Fsp3) is 0.231. The summed E-state index contributed by atoms with van der Waals surface area (Å²) in [5, 5.41) is 0. The van der Waals surface area contributed by atoms with Gasteiger partial charge in [-0.15, -0.1) is 0 Å². The molecule has 0 radical (unpaired) electrons. The van der Waals surface area contributed by atoms with Crippen LogP contribution >= 0.6 is 0 Å². The minimum atomic E-state index is 0. The lowest BCUT2D eigenvalue weighted by molar-refractivity contribution is 0.414. The van der Waals surface area contributed by atoms with E-state index in [4.69, 9.17) is 14.2 Å². The largest absolute Gasteiger partial charge is 0.497 e. The summed E-state index contributed by atoms with van der Waals surface area (Å²) < 4.78 is 15.2. The van der Waals surface area contributed by atoms with E-state index in [1.165, 1.54) is 38.9 Å². The molecule has 0 saturated carbocycles. The molecule has 0 saturated heterocycles. The van der Waals surface area contributed by atoms with E-state index in [2.05, 4.69) is 93.6 Å². The minimum absolute atomic E-state index is 0. The molecule has 0 unspecified atom stereocenters. The van der Waals surface area contributed by atoms with Gasteiger partial charge in [0.1, 0.15) is 17.2 Å². The summed E-state index contributed by atoms with van der Waals surface area (Å²) in [6, 6.07) is 41.5. The molecule has 0 fully saturated rings. The number of methoxy groups -OCH3 is 3. The maximum atomic E-state index is 5.14. The third-order valence-corrected chi connectivity index (χ3v) is 6.42. The van der Waals surface area contributed by atoms with Crippen molar-refractivity contribution in [1.82, 2.24) is 0 Å². The second-order valence-corrected chi connectivity index (χ2v) is 9.62. The van der Waals surface area contributed by atoms with Gasteiger partial charge in [-0.1, -0.05) is 116 Å². The molecule has 0 amide bonds. The molecule has 0 N–H and O–H groups in total. The third kappa shape index (κ3) is 11.9. The van der Waals surface area contributed by atoms with Crippen LogP contribution in [0, 0.1) is 20.8 Å². The average Bonchev–Trinajstić information content (AvgIpc) is 3.00. The van der Waals surface area contributed by atoms with Crippen molar-refractivity contribution < 1.29 is 14.2 Å². The Morgan fingerprint density at radius 3 is 0.952 bits per heavy atom. The number of aryl methyl sites for hydroxylation is 3. The molecule has 0 aliphatic heterocycles. The number of hydrogen-bond donors (Lipinski definition) is 0. The zero-order valence-corrected chi connectivity index (χ0v) is 24.5. The normalized spacial score (nSPS) is 9.38. The number of benzene rings is 5. The van der Waals surface area contributed by atoms with Crippen LogP contribution in [0.3, 0.4) is 0 Å². The highest BCUT2D eigenvalue weighted by molar-refractivity contribution is 5.64. The second kappa shape index (κ2) is 18.8. The summed E-state index contributed by atoms with van der Waals surface area (Å²) in [6.07, 6.45) is 0.976. The van der Waals surface area contributed by atoms with Crippen LogP contribution < -0.4 is 14.2 Å². The van der Waals surface area contributed by atoms with Gasteiger partial charge in [-0.25, -0.2) is 0 Å². The van der Waals surface area contributed by atoms with Crippen molar-refractivity contribution in [3.63, 3.8) is 0 Å². The first-order valence-corrected chi connectivity index (χ1v) is 13.4. The first-order valence-electron chi connectivity index (χ1n) is 13.4. The van der Waals surface area contributed by atoms with E-state index in [-0.39, 0.29) is 14.9 Å². The van der Waals surface area contributed by atoms with E-state index >= 15 is 0 Å². The Hall–Kier alpha value is -4.50. The zero-order valence-electron chi connectivity index (χ0n) is 24.5. The Kier molecular flexibility index (Phi) is 15.9. The molecule has 0 aliphatic carbocycles. The highest BCUT2D eigenvalue weighted by Crippen LogP contribution is 2.22. The molecule has 3 heteroatoms. The van der Waals surface area contributed by atoms with Crippen LogP contribution in [0.5, 0.6) is 17.2 Å². The van der Waals surface area contributed by atoms with E-state index in [0.717, 1.165) is 23.7 Å². The standard InChI is InChI=1S/C15H16O.C14H14O.C8H10O.2CH4/c1-12-3-5-13(6-4-12)11-14-7-9-15(16-2)10-8-14;1-11-3-5-12(6-4-11)13-7-9-14(15-2)10-8-13;1-7-3-5-8(9-2)6-4-7;;/h3-10H,11H2,1-2H3;3-10H,1-2H3;3-6H,1-2H3;2*1H4. The maximum Gasteiger partial charge on any atom is 0.118 e. The first-order chi connectivity index (χ1) is 19.4. The Balaban J connectivity index is 0.000000319. The van der Waals surface area contributed by atoms with Gasteiger partial charge in [-0.3, -0.25) is 0 Å². The van der Waals surface area contributed by atoms with Gasteiger partial charge in [0, 0.05) is 0 Å². The van der Waals surface area contributed by atoms with Crippen LogP contribution in [0.2, 0.25) is 0 Å². The molecule has 0 spiro atoms. The van der Waals surface area contributed by atoms with Crippen molar-refractivity contribution in [3.05, 3.63) is 149 Å². The van der Waals surface area contributed by atoms with Gasteiger partial charge in [0.15, 0.2) is 0 Å². The van der Waals surface area contributed by atoms with Gasteiger partial charge >= 0.3 is 0 Å². The highest BCUT2D eigenvalue weighted by atomic mass is 16.5. The Labute approximate surface area is 254 Å². The first kappa shape index (κ1) is 35.5. The van der Waals surface area contributed by atoms with E-state index in [0.29, 0.717) is 0 Å². The molecule has 222 valence electrons. The van der Waals surface area contributed by atoms with E-state index < -0.39 is 0 Å². The van der Waals surface area contributed by atoms with Crippen molar-refractivity contribution in [2.45, 2.75) is 42.0 Å². The fourth-order valence-electron chi connectivity index (χ4n) is 3.89. The van der Waals surface area contributed by atoms with Gasteiger partial charge in [0.2, 0.25) is 0 Å². The Morgan fingerprint density at radius 1 is 0.357 bits per heavy atom. The van der Waals surface area contributed by atoms with Crippen molar-refractivity contribution in [2.75, 3.05) is 21.3 Å². The lowest BCUT2D eigenvalue weighted by Gasteiger charge is -2.04. The SMILES string of the molecule is C.C.COc1ccc(-c2ccc(C)cc2)cc1.COc1ccc(C)cc1.COc1ccc(Cc2ccc(C)cc2)cc1. The number of rotatable bonds is 6. The van der Waals surface area contributed by atoms with Gasteiger partial charge in [0.05, 0.1) is 21.3 Å². The Bertz CT molecular complexity index is 1390. The summed E-state index contributed by atoms with van der Waals surface area (Å²) in [5.41, 5.74) is 8.96. The van der Waals surface area contributed by atoms with Crippen LogP contribution in [0.4, 0.5) is 0 Å². The zero-order chi connectivity index (χ0) is 28.7. The summed E-state index contributed by atoms with van der Waals surface area (Å²) in [7, 11) is 5.04. The molecule has 3 nitrogen and oxygen atoms in total. The van der Waals surface area contributed by atoms with E-state index in [9.17, 15) is 0 Å². The molecule has 42 heavy (non-hydrogen) atoms. The fourth-order valence-corrected chi connectivity index (χ4v) is 3.89. The second-order valence-electron chi connectivity index (χ2n) is 9.62. The molecule has 5 aromatic rings. The quantitative estimate of drug-likeness (QED) is 0.205. The lowest BCUT2D eigenvalue weighted by Crippen LogP contribution is -1.89. The topological polar surface area (TPSA) is 27.7 Å². The van der Waals surface area contributed by atoms with Crippen molar-refractivity contribution in [1.29, 1.82) is 0 Å². The highest BCUT2D eigenvalue weighted by Gasteiger charge is 1.98. The summed E-state index contributed by atoms with van der Waals surface area (Å²) in [6.45, 7) is 6.26. The minimum Gasteiger partial charge on any atom is -0.497 e. The van der Waals surface area contributed by atoms with E-state index in [1.807, 2.05) is 48.5 Å². The van der Waals surface area contributed by atoms with Crippen LogP contribution in [0.25, 0.3) is 11.1 Å². The van der Waals surface area contributed by atoms with Crippen molar-refractivity contribution in [2.24, 2.45) is 0 Å². The van der Waals surface area contributed by atoms with E-state index in [1.54, 1.807) is 21.3 Å². The molecule has 0 heterocycles. The molecular weight excluding hydrogens is 516 g/mol. The molecule has 0 atom stereocenters. The van der Waals surface area contributed by atoms with Gasteiger partial charge in [-0.05, 0) is 85.8 Å². The van der Waals surface area contributed by atoms with Crippen LogP contribution in [0.15, 0.2) is 121 Å². The molecular formula is C39H48O3.